The third-order valence-electron chi connectivity index (χ3n) is 5.07. The van der Waals surface area contributed by atoms with Crippen molar-refractivity contribution in [2.45, 2.75) is 89.6 Å². The topological polar surface area (TPSA) is 41.5 Å². The van der Waals surface area contributed by atoms with Crippen LogP contribution in [0.25, 0.3) is 0 Å². The third-order valence-corrected chi connectivity index (χ3v) is 5.07. The molecule has 0 aromatic heterocycles. The van der Waals surface area contributed by atoms with Gasteiger partial charge in [0.25, 0.3) is 0 Å². The van der Waals surface area contributed by atoms with Crippen LogP contribution in [0.5, 0.6) is 0 Å². The second-order valence-corrected chi connectivity index (χ2v) is 7.66. The molecule has 0 aromatic rings. The van der Waals surface area contributed by atoms with Gasteiger partial charge in [-0.25, -0.2) is 0 Å². The second-order valence-electron chi connectivity index (χ2n) is 7.66. The Kier molecular flexibility index (Phi) is 4.03. The first-order chi connectivity index (χ1) is 8.69. The number of nitrogens with one attached hydrogen (secondary N) is 1. The predicted molar refractivity (Wildman–Crippen MR) is 78.2 cm³/mol. The molecule has 1 aliphatic carbocycles. The molecule has 19 heavy (non-hydrogen) atoms. The van der Waals surface area contributed by atoms with Crippen molar-refractivity contribution < 1.29 is 9.84 Å². The molecule has 2 N–H and O–H groups in total. The molecule has 3 nitrogen and oxygen atoms in total. The Bertz CT molecular complexity index is 317. The first-order valence-corrected chi connectivity index (χ1v) is 7.84. The van der Waals surface area contributed by atoms with Gasteiger partial charge < -0.3 is 15.2 Å². The van der Waals surface area contributed by atoms with E-state index in [-0.39, 0.29) is 17.1 Å². The molecule has 1 aliphatic heterocycles. The van der Waals surface area contributed by atoms with Gasteiger partial charge in [0, 0.05) is 12.0 Å². The summed E-state index contributed by atoms with van der Waals surface area (Å²) in [5, 5.41) is 14.6. The third kappa shape index (κ3) is 3.14. The van der Waals surface area contributed by atoms with Gasteiger partial charge in [-0.2, -0.15) is 0 Å². The fourth-order valence-corrected chi connectivity index (χ4v) is 4.36. The average molecular weight is 269 g/mol. The summed E-state index contributed by atoms with van der Waals surface area (Å²) >= 11 is 0. The second kappa shape index (κ2) is 5.01. The highest BCUT2D eigenvalue weighted by Crippen LogP contribution is 2.51. The van der Waals surface area contributed by atoms with E-state index in [2.05, 4.69) is 39.9 Å². The van der Waals surface area contributed by atoms with Crippen molar-refractivity contribution in [2.24, 2.45) is 5.92 Å². The lowest BCUT2D eigenvalue weighted by Gasteiger charge is -2.44. The maximum Gasteiger partial charge on any atom is 0.0705 e. The van der Waals surface area contributed by atoms with Crippen molar-refractivity contribution in [3.63, 3.8) is 0 Å². The van der Waals surface area contributed by atoms with Crippen molar-refractivity contribution >= 4 is 0 Å². The smallest absolute Gasteiger partial charge is 0.0705 e. The molecule has 0 radical (unpaired) electrons. The lowest BCUT2D eigenvalue weighted by Crippen LogP contribution is -2.51. The molecule has 0 bridgehead atoms. The Labute approximate surface area is 118 Å². The van der Waals surface area contributed by atoms with E-state index in [1.807, 2.05) is 0 Å². The van der Waals surface area contributed by atoms with E-state index in [0.29, 0.717) is 6.04 Å². The molecule has 0 amide bonds. The Hall–Kier alpha value is -0.120. The van der Waals surface area contributed by atoms with Gasteiger partial charge in [-0.15, -0.1) is 0 Å². The predicted octanol–water partition coefficient (Wildman–Crippen LogP) is 2.86. The van der Waals surface area contributed by atoms with Crippen LogP contribution in [0.15, 0.2) is 0 Å². The first kappa shape index (κ1) is 15.3. The van der Waals surface area contributed by atoms with Gasteiger partial charge in [0.2, 0.25) is 0 Å². The molecule has 2 aliphatic rings. The fraction of sp³-hybridized carbons (Fsp3) is 1.00. The molecule has 1 unspecified atom stereocenters. The molecule has 0 spiro atoms. The minimum Gasteiger partial charge on any atom is -0.389 e. The Morgan fingerprint density at radius 2 is 1.74 bits per heavy atom. The molecule has 1 atom stereocenters. The van der Waals surface area contributed by atoms with E-state index in [1.54, 1.807) is 0 Å². The number of hydrogen-bond acceptors (Lipinski definition) is 3. The lowest BCUT2D eigenvalue weighted by atomic mass is 9.67. The fourth-order valence-electron chi connectivity index (χ4n) is 4.36. The molecule has 3 heteroatoms. The highest BCUT2D eigenvalue weighted by Gasteiger charge is 2.55. The minimum atomic E-state index is -0.539. The summed E-state index contributed by atoms with van der Waals surface area (Å²) in [5.74, 6) is 0.248. The van der Waals surface area contributed by atoms with E-state index in [9.17, 15) is 5.11 Å². The maximum absolute atomic E-state index is 11.1. The maximum atomic E-state index is 11.1. The van der Waals surface area contributed by atoms with Crippen LogP contribution in [0.1, 0.15) is 66.7 Å². The molecule has 2 rings (SSSR count). The zero-order chi connectivity index (χ0) is 14.3. The van der Waals surface area contributed by atoms with Crippen molar-refractivity contribution in [2.75, 3.05) is 6.54 Å². The standard InChI is InChI=1S/C16H31NO2/c1-6-17-12-7-9-16(18,10-8-12)13-11-14(2,3)19-15(13,4)5/h12-13,17-18H,6-11H2,1-5H3. The van der Waals surface area contributed by atoms with Gasteiger partial charge in [0.15, 0.2) is 0 Å². The Morgan fingerprint density at radius 1 is 1.16 bits per heavy atom. The van der Waals surface area contributed by atoms with Crippen LogP contribution < -0.4 is 5.32 Å². The largest absolute Gasteiger partial charge is 0.389 e. The molecular weight excluding hydrogens is 238 g/mol. The highest BCUT2D eigenvalue weighted by molar-refractivity contribution is 5.05. The van der Waals surface area contributed by atoms with E-state index >= 15 is 0 Å². The van der Waals surface area contributed by atoms with Crippen molar-refractivity contribution in [3.8, 4) is 0 Å². The van der Waals surface area contributed by atoms with Crippen LogP contribution in [0.3, 0.4) is 0 Å². The van der Waals surface area contributed by atoms with Crippen LogP contribution >= 0.6 is 0 Å². The number of rotatable bonds is 3. The van der Waals surface area contributed by atoms with Gasteiger partial charge in [0.05, 0.1) is 16.8 Å². The summed E-state index contributed by atoms with van der Waals surface area (Å²) in [6.07, 6.45) is 4.92. The molecule has 1 heterocycles. The normalized spacial score (nSPS) is 41.4. The highest BCUT2D eigenvalue weighted by atomic mass is 16.5. The zero-order valence-corrected chi connectivity index (χ0v) is 13.3. The van der Waals surface area contributed by atoms with Crippen LogP contribution in [0.2, 0.25) is 0 Å². The van der Waals surface area contributed by atoms with Crippen molar-refractivity contribution in [1.82, 2.24) is 5.32 Å². The molecule has 0 aromatic carbocycles. The average Bonchev–Trinajstić information content (AvgIpc) is 2.51. The molecule has 112 valence electrons. The number of aliphatic hydroxyl groups is 1. The summed E-state index contributed by atoms with van der Waals surface area (Å²) in [5.41, 5.74) is -0.866. The number of hydrogen-bond donors (Lipinski definition) is 2. The van der Waals surface area contributed by atoms with Gasteiger partial charge >= 0.3 is 0 Å². The number of ether oxygens (including phenoxy) is 1. The van der Waals surface area contributed by atoms with E-state index in [4.69, 9.17) is 4.74 Å². The SMILES string of the molecule is CCNC1CCC(O)(C2CC(C)(C)OC2(C)C)CC1. The molecule has 1 saturated heterocycles. The van der Waals surface area contributed by atoms with E-state index < -0.39 is 5.60 Å². The van der Waals surface area contributed by atoms with Crippen LogP contribution in [0.4, 0.5) is 0 Å². The molecule has 2 fully saturated rings. The quantitative estimate of drug-likeness (QED) is 0.828. The summed E-state index contributed by atoms with van der Waals surface area (Å²) in [6.45, 7) is 11.7. The van der Waals surface area contributed by atoms with Crippen LogP contribution in [-0.2, 0) is 4.74 Å². The van der Waals surface area contributed by atoms with Crippen molar-refractivity contribution in [1.29, 1.82) is 0 Å². The van der Waals surface area contributed by atoms with Crippen LogP contribution in [-0.4, -0.2) is 34.5 Å². The molecule has 1 saturated carbocycles. The summed E-state index contributed by atoms with van der Waals surface area (Å²) in [7, 11) is 0. The van der Waals surface area contributed by atoms with Crippen molar-refractivity contribution in [3.05, 3.63) is 0 Å². The van der Waals surface area contributed by atoms with Gasteiger partial charge in [-0.1, -0.05) is 6.92 Å². The summed E-state index contributed by atoms with van der Waals surface area (Å²) in [6, 6.07) is 0.587. The Balaban J connectivity index is 2.05. The monoisotopic (exact) mass is 269 g/mol. The van der Waals surface area contributed by atoms with Gasteiger partial charge in [-0.3, -0.25) is 0 Å². The summed E-state index contributed by atoms with van der Waals surface area (Å²) in [4.78, 5) is 0. The van der Waals surface area contributed by atoms with E-state index in [0.717, 1.165) is 38.6 Å². The molecular formula is C16H31NO2. The van der Waals surface area contributed by atoms with E-state index in [1.165, 1.54) is 0 Å². The minimum absolute atomic E-state index is 0.109. The van der Waals surface area contributed by atoms with Gasteiger partial charge in [-0.05, 0) is 66.3 Å². The zero-order valence-electron chi connectivity index (χ0n) is 13.3. The Morgan fingerprint density at radius 3 is 2.16 bits per heavy atom. The van der Waals surface area contributed by atoms with Crippen LogP contribution in [0, 0.1) is 5.92 Å². The lowest BCUT2D eigenvalue weighted by molar-refractivity contribution is -0.125. The summed E-state index contributed by atoms with van der Waals surface area (Å²) < 4.78 is 6.17. The van der Waals surface area contributed by atoms with Gasteiger partial charge in [0.1, 0.15) is 0 Å². The first-order valence-electron chi connectivity index (χ1n) is 7.84.